The van der Waals surface area contributed by atoms with E-state index in [1.165, 1.54) is 24.3 Å². The lowest BCUT2D eigenvalue weighted by Gasteiger charge is -2.19. The summed E-state index contributed by atoms with van der Waals surface area (Å²) in [5.41, 5.74) is 0.190. The summed E-state index contributed by atoms with van der Waals surface area (Å²) in [7, 11) is -4.15. The average Bonchev–Trinajstić information content (AvgIpc) is 3.20. The van der Waals surface area contributed by atoms with Crippen molar-refractivity contribution in [2.24, 2.45) is 0 Å². The molecule has 1 N–H and O–H groups in total. The molecule has 1 fully saturated rings. The number of benzene rings is 2. The van der Waals surface area contributed by atoms with Crippen LogP contribution >= 0.6 is 0 Å². The van der Waals surface area contributed by atoms with Gasteiger partial charge in [0.25, 0.3) is 5.91 Å². The van der Waals surface area contributed by atoms with Crippen LogP contribution in [0.1, 0.15) is 36.0 Å². The first-order valence-electron chi connectivity index (χ1n) is 9.27. The Kier molecular flexibility index (Phi) is 5.13. The Hall–Kier alpha value is -2.74. The Morgan fingerprint density at radius 1 is 1.00 bits per heavy atom. The van der Waals surface area contributed by atoms with Crippen molar-refractivity contribution in [2.75, 3.05) is 13.2 Å². The van der Waals surface area contributed by atoms with E-state index in [2.05, 4.69) is 5.32 Å². The molecule has 1 aliphatic carbocycles. The normalized spacial score (nSPS) is 16.6. The van der Waals surface area contributed by atoms with Crippen molar-refractivity contribution in [3.05, 3.63) is 48.0 Å². The molecule has 1 aliphatic heterocycles. The van der Waals surface area contributed by atoms with Crippen molar-refractivity contribution in [3.8, 4) is 17.2 Å². The van der Waals surface area contributed by atoms with Crippen molar-refractivity contribution < 1.29 is 26.9 Å². The Balaban J connectivity index is 1.57. The van der Waals surface area contributed by atoms with Gasteiger partial charge in [-0.3, -0.25) is 4.79 Å². The molecular weight excluding hydrogens is 382 g/mol. The second kappa shape index (κ2) is 7.71. The van der Waals surface area contributed by atoms with Crippen LogP contribution in [0.25, 0.3) is 0 Å². The highest BCUT2D eigenvalue weighted by Gasteiger charge is 2.25. The molecule has 0 radical (unpaired) electrons. The summed E-state index contributed by atoms with van der Waals surface area (Å²) in [4.78, 5) is 12.5. The number of rotatable bonds is 5. The Bertz CT molecular complexity index is 982. The van der Waals surface area contributed by atoms with Crippen molar-refractivity contribution in [1.29, 1.82) is 0 Å². The van der Waals surface area contributed by atoms with Gasteiger partial charge in [-0.15, -0.1) is 0 Å². The maximum Gasteiger partial charge on any atom is 0.339 e. The maximum absolute atomic E-state index is 12.8. The van der Waals surface area contributed by atoms with Gasteiger partial charge in [0.05, 0.1) is 5.56 Å². The van der Waals surface area contributed by atoms with Crippen LogP contribution in [0.3, 0.4) is 0 Å². The molecule has 1 amide bonds. The minimum Gasteiger partial charge on any atom is -0.486 e. The maximum atomic E-state index is 12.8. The average molecular weight is 403 g/mol. The largest absolute Gasteiger partial charge is 0.486 e. The number of carbonyl (C=O) groups excluding carboxylic acids is 1. The summed E-state index contributed by atoms with van der Waals surface area (Å²) in [6.45, 7) is 0.764. The highest BCUT2D eigenvalue weighted by Crippen LogP contribution is 2.33. The third-order valence-corrected chi connectivity index (χ3v) is 6.05. The third-order valence-electron chi connectivity index (χ3n) is 4.82. The first-order valence-corrected chi connectivity index (χ1v) is 10.7. The van der Waals surface area contributed by atoms with Crippen LogP contribution in [0.5, 0.6) is 17.2 Å². The van der Waals surface area contributed by atoms with E-state index in [9.17, 15) is 13.2 Å². The van der Waals surface area contributed by atoms with Crippen LogP contribution in [0.15, 0.2) is 47.4 Å². The summed E-state index contributed by atoms with van der Waals surface area (Å²) in [5.74, 6) is 0.498. The van der Waals surface area contributed by atoms with Gasteiger partial charge in [-0.05, 0) is 37.1 Å². The number of para-hydroxylation sites is 1. The Labute approximate surface area is 163 Å². The summed E-state index contributed by atoms with van der Waals surface area (Å²) in [5, 5.41) is 2.95. The standard InChI is InChI=1S/C20H21NO6S/c22-20(21-14-5-1-2-6-14)16-7-3-4-8-17(16)27-28(23,24)15-9-10-18-19(13-15)26-12-11-25-18/h3-4,7-10,13-14H,1-2,5-6,11-12H2,(H,21,22). The Morgan fingerprint density at radius 2 is 1.71 bits per heavy atom. The fourth-order valence-electron chi connectivity index (χ4n) is 3.41. The molecule has 0 bridgehead atoms. The highest BCUT2D eigenvalue weighted by molar-refractivity contribution is 7.87. The van der Waals surface area contributed by atoms with Crippen molar-refractivity contribution in [2.45, 2.75) is 36.6 Å². The predicted molar refractivity (Wildman–Crippen MR) is 101 cm³/mol. The molecule has 0 spiro atoms. The lowest BCUT2D eigenvalue weighted by atomic mass is 10.1. The van der Waals surface area contributed by atoms with Gasteiger partial charge in [0, 0.05) is 12.1 Å². The van der Waals surface area contributed by atoms with Crippen LogP contribution in [0, 0.1) is 0 Å². The van der Waals surface area contributed by atoms with Gasteiger partial charge in [-0.1, -0.05) is 25.0 Å². The summed E-state index contributed by atoms with van der Waals surface area (Å²) >= 11 is 0. The van der Waals surface area contributed by atoms with E-state index in [1.807, 2.05) is 0 Å². The predicted octanol–water partition coefficient (Wildman–Crippen LogP) is 2.90. The molecule has 8 heteroatoms. The van der Waals surface area contributed by atoms with E-state index in [0.717, 1.165) is 25.7 Å². The molecule has 0 saturated heterocycles. The van der Waals surface area contributed by atoms with Crippen molar-refractivity contribution in [1.82, 2.24) is 5.32 Å². The molecule has 2 aromatic carbocycles. The van der Waals surface area contributed by atoms with Gasteiger partial charge in [0.2, 0.25) is 0 Å². The minimum absolute atomic E-state index is 0.00659. The molecule has 1 saturated carbocycles. The monoisotopic (exact) mass is 403 g/mol. The first kappa shape index (κ1) is 18.6. The number of carbonyl (C=O) groups is 1. The second-order valence-electron chi connectivity index (χ2n) is 6.79. The van der Waals surface area contributed by atoms with E-state index in [1.54, 1.807) is 18.2 Å². The number of ether oxygens (including phenoxy) is 2. The van der Waals surface area contributed by atoms with Gasteiger partial charge in [-0.25, -0.2) is 0 Å². The molecule has 0 aromatic heterocycles. The van der Waals surface area contributed by atoms with Gasteiger partial charge in [0.1, 0.15) is 18.1 Å². The summed E-state index contributed by atoms with van der Waals surface area (Å²) < 4.78 is 41.7. The van der Waals surface area contributed by atoms with Crippen molar-refractivity contribution in [3.63, 3.8) is 0 Å². The van der Waals surface area contributed by atoms with E-state index in [-0.39, 0.29) is 28.2 Å². The number of amides is 1. The number of fused-ring (bicyclic) bond motifs is 1. The van der Waals surface area contributed by atoms with Gasteiger partial charge in [0.15, 0.2) is 17.2 Å². The first-order chi connectivity index (χ1) is 13.5. The fraction of sp³-hybridized carbons (Fsp3) is 0.350. The van der Waals surface area contributed by atoms with Gasteiger partial charge in [-0.2, -0.15) is 8.42 Å². The Morgan fingerprint density at radius 3 is 2.50 bits per heavy atom. The van der Waals surface area contributed by atoms with Gasteiger partial charge >= 0.3 is 10.1 Å². The SMILES string of the molecule is O=C(NC1CCCC1)c1ccccc1OS(=O)(=O)c1ccc2c(c1)OCCO2. The summed E-state index contributed by atoms with van der Waals surface area (Å²) in [6, 6.07) is 10.7. The molecule has 0 unspecified atom stereocenters. The molecule has 148 valence electrons. The zero-order chi connectivity index (χ0) is 19.6. The van der Waals surface area contributed by atoms with Crippen LogP contribution in [-0.4, -0.2) is 33.6 Å². The molecule has 28 heavy (non-hydrogen) atoms. The van der Waals surface area contributed by atoms with E-state index < -0.39 is 10.1 Å². The zero-order valence-electron chi connectivity index (χ0n) is 15.2. The molecule has 1 heterocycles. The van der Waals surface area contributed by atoms with E-state index in [0.29, 0.717) is 24.7 Å². The third kappa shape index (κ3) is 3.91. The number of hydrogen-bond donors (Lipinski definition) is 1. The lowest BCUT2D eigenvalue weighted by Crippen LogP contribution is -2.33. The smallest absolute Gasteiger partial charge is 0.339 e. The highest BCUT2D eigenvalue weighted by atomic mass is 32.2. The zero-order valence-corrected chi connectivity index (χ0v) is 16.0. The van der Waals surface area contributed by atoms with Crippen LogP contribution in [0.2, 0.25) is 0 Å². The van der Waals surface area contributed by atoms with E-state index in [4.69, 9.17) is 13.7 Å². The molecule has 2 aromatic rings. The summed E-state index contributed by atoms with van der Waals surface area (Å²) in [6.07, 6.45) is 4.04. The van der Waals surface area contributed by atoms with Crippen LogP contribution in [-0.2, 0) is 10.1 Å². The number of hydrogen-bond acceptors (Lipinski definition) is 6. The fourth-order valence-corrected chi connectivity index (χ4v) is 4.37. The quantitative estimate of drug-likeness (QED) is 0.772. The number of nitrogens with one attached hydrogen (secondary N) is 1. The molecule has 4 rings (SSSR count). The van der Waals surface area contributed by atoms with E-state index >= 15 is 0 Å². The minimum atomic E-state index is -4.15. The molecular formula is C20H21NO6S. The lowest BCUT2D eigenvalue weighted by molar-refractivity contribution is 0.0936. The molecule has 7 nitrogen and oxygen atoms in total. The van der Waals surface area contributed by atoms with Crippen LogP contribution < -0.4 is 19.0 Å². The topological polar surface area (TPSA) is 90.9 Å². The van der Waals surface area contributed by atoms with Gasteiger partial charge < -0.3 is 19.0 Å². The second-order valence-corrected chi connectivity index (χ2v) is 8.34. The van der Waals surface area contributed by atoms with Crippen molar-refractivity contribution >= 4 is 16.0 Å². The molecule has 2 aliphatic rings. The molecule has 0 atom stereocenters. The van der Waals surface area contributed by atoms with Crippen LogP contribution in [0.4, 0.5) is 0 Å².